The summed E-state index contributed by atoms with van der Waals surface area (Å²) in [5, 5.41) is 2.31. The van der Waals surface area contributed by atoms with Gasteiger partial charge in [0.05, 0.1) is 6.10 Å². The molecule has 0 aliphatic carbocycles. The molecule has 6 nitrogen and oxygen atoms in total. The second-order valence-corrected chi connectivity index (χ2v) is 5.43. The van der Waals surface area contributed by atoms with Crippen molar-refractivity contribution in [3.8, 4) is 0 Å². The van der Waals surface area contributed by atoms with Crippen molar-refractivity contribution < 1.29 is 19.1 Å². The highest BCUT2D eigenvalue weighted by Gasteiger charge is 2.51. The Hall–Kier alpha value is -1.43. The highest BCUT2D eigenvalue weighted by molar-refractivity contribution is 6.19. The van der Waals surface area contributed by atoms with Gasteiger partial charge in [0.1, 0.15) is 5.41 Å². The lowest BCUT2D eigenvalue weighted by Gasteiger charge is -2.38. The second kappa shape index (κ2) is 5.91. The fourth-order valence-electron chi connectivity index (χ4n) is 2.95. The molecule has 2 heterocycles. The van der Waals surface area contributed by atoms with Crippen molar-refractivity contribution >= 4 is 17.8 Å². The Labute approximate surface area is 118 Å². The summed E-state index contributed by atoms with van der Waals surface area (Å²) < 4.78 is 5.50. The molecule has 0 aromatic heterocycles. The van der Waals surface area contributed by atoms with Crippen LogP contribution in [0.1, 0.15) is 46.0 Å². The van der Waals surface area contributed by atoms with Crippen LogP contribution in [0, 0.1) is 5.41 Å². The molecule has 0 bridgehead atoms. The summed E-state index contributed by atoms with van der Waals surface area (Å²) in [6, 6.07) is -0.601. The van der Waals surface area contributed by atoms with E-state index in [2.05, 4.69) is 5.32 Å². The zero-order valence-corrected chi connectivity index (χ0v) is 12.1. The molecule has 1 atom stereocenters. The third-order valence-electron chi connectivity index (χ3n) is 4.46. The van der Waals surface area contributed by atoms with Gasteiger partial charge in [-0.1, -0.05) is 13.8 Å². The number of hydrogen-bond donors (Lipinski definition) is 1. The van der Waals surface area contributed by atoms with Gasteiger partial charge in [0.2, 0.25) is 11.8 Å². The fraction of sp³-hybridized carbons (Fsp3) is 0.786. The van der Waals surface area contributed by atoms with Gasteiger partial charge in [-0.25, -0.2) is 4.79 Å². The van der Waals surface area contributed by atoms with Crippen molar-refractivity contribution in [2.75, 3.05) is 13.2 Å². The van der Waals surface area contributed by atoms with Crippen molar-refractivity contribution in [3.63, 3.8) is 0 Å². The average Bonchev–Trinajstić information content (AvgIpc) is 2.93. The zero-order chi connectivity index (χ0) is 14.8. The molecule has 2 aliphatic heterocycles. The number of hydrogen-bond acceptors (Lipinski definition) is 4. The number of carbonyl (C=O) groups is 3. The number of barbiturate groups is 1. The first-order valence-electron chi connectivity index (χ1n) is 7.34. The number of nitrogens with one attached hydrogen (secondary N) is 1. The Kier molecular flexibility index (Phi) is 4.42. The van der Waals surface area contributed by atoms with E-state index in [-0.39, 0.29) is 12.0 Å². The van der Waals surface area contributed by atoms with Crippen LogP contribution in [0.2, 0.25) is 0 Å². The first-order valence-corrected chi connectivity index (χ1v) is 7.34. The summed E-state index contributed by atoms with van der Waals surface area (Å²) in [4.78, 5) is 37.6. The Balaban J connectivity index is 2.08. The predicted octanol–water partition coefficient (Wildman–Crippen LogP) is 1.44. The highest BCUT2D eigenvalue weighted by Crippen LogP contribution is 2.32. The number of ether oxygens (including phenoxy) is 1. The van der Waals surface area contributed by atoms with Crippen molar-refractivity contribution in [2.45, 2.75) is 52.1 Å². The summed E-state index contributed by atoms with van der Waals surface area (Å²) in [7, 11) is 0. The number of carbonyl (C=O) groups excluding carboxylic acids is 3. The van der Waals surface area contributed by atoms with Crippen molar-refractivity contribution in [1.29, 1.82) is 0 Å². The van der Waals surface area contributed by atoms with Crippen LogP contribution in [0.4, 0.5) is 4.79 Å². The minimum atomic E-state index is -1.09. The van der Waals surface area contributed by atoms with Crippen LogP contribution in [0.25, 0.3) is 0 Å². The molecule has 2 fully saturated rings. The molecular formula is C14H22N2O4. The normalized spacial score (nSPS) is 26.0. The summed E-state index contributed by atoms with van der Waals surface area (Å²) in [6.07, 6.45) is 3.55. The number of rotatable bonds is 5. The number of imide groups is 2. The van der Waals surface area contributed by atoms with Gasteiger partial charge in [-0.05, 0) is 32.1 Å². The maximum absolute atomic E-state index is 12.5. The SMILES string of the molecule is CCC1(CC)C(=O)NC(=O)N(CCC2CCCO2)C1=O. The molecule has 1 unspecified atom stereocenters. The molecule has 0 radical (unpaired) electrons. The smallest absolute Gasteiger partial charge is 0.330 e. The van der Waals surface area contributed by atoms with E-state index < -0.39 is 17.4 Å². The Morgan fingerprint density at radius 1 is 1.30 bits per heavy atom. The molecule has 2 rings (SSSR count). The summed E-state index contributed by atoms with van der Waals surface area (Å²) >= 11 is 0. The van der Waals surface area contributed by atoms with Crippen LogP contribution in [0.3, 0.4) is 0 Å². The number of nitrogens with zero attached hydrogens (tertiary/aromatic N) is 1. The first kappa shape index (κ1) is 15.0. The van der Waals surface area contributed by atoms with Gasteiger partial charge in [-0.3, -0.25) is 19.8 Å². The maximum atomic E-state index is 12.5. The Morgan fingerprint density at radius 3 is 2.55 bits per heavy atom. The maximum Gasteiger partial charge on any atom is 0.330 e. The topological polar surface area (TPSA) is 75.7 Å². The molecular weight excluding hydrogens is 260 g/mol. The first-order chi connectivity index (χ1) is 9.55. The van der Waals surface area contributed by atoms with E-state index in [1.165, 1.54) is 4.90 Å². The largest absolute Gasteiger partial charge is 0.378 e. The summed E-state index contributed by atoms with van der Waals surface area (Å²) in [5.41, 5.74) is -1.09. The van der Waals surface area contributed by atoms with E-state index in [0.29, 0.717) is 25.8 Å². The predicted molar refractivity (Wildman–Crippen MR) is 71.9 cm³/mol. The lowest BCUT2D eigenvalue weighted by atomic mass is 9.78. The monoisotopic (exact) mass is 282 g/mol. The average molecular weight is 282 g/mol. The van der Waals surface area contributed by atoms with E-state index >= 15 is 0 Å². The minimum Gasteiger partial charge on any atom is -0.378 e. The molecule has 1 N–H and O–H groups in total. The van der Waals surface area contributed by atoms with Crippen molar-refractivity contribution in [1.82, 2.24) is 10.2 Å². The fourth-order valence-corrected chi connectivity index (χ4v) is 2.95. The lowest BCUT2D eigenvalue weighted by molar-refractivity contribution is -0.152. The molecule has 2 aliphatic rings. The third-order valence-corrected chi connectivity index (χ3v) is 4.46. The van der Waals surface area contributed by atoms with Crippen LogP contribution in [-0.2, 0) is 14.3 Å². The van der Waals surface area contributed by atoms with Gasteiger partial charge in [0.15, 0.2) is 0 Å². The molecule has 0 aromatic rings. The van der Waals surface area contributed by atoms with Crippen molar-refractivity contribution in [2.24, 2.45) is 5.41 Å². The van der Waals surface area contributed by atoms with E-state index in [1.54, 1.807) is 13.8 Å². The number of urea groups is 1. The van der Waals surface area contributed by atoms with E-state index in [0.717, 1.165) is 19.4 Å². The van der Waals surface area contributed by atoms with Gasteiger partial charge in [-0.15, -0.1) is 0 Å². The Morgan fingerprint density at radius 2 is 2.00 bits per heavy atom. The summed E-state index contributed by atoms with van der Waals surface area (Å²) in [6.45, 7) is 4.66. The van der Waals surface area contributed by atoms with E-state index in [1.807, 2.05) is 0 Å². The van der Waals surface area contributed by atoms with Gasteiger partial charge in [0, 0.05) is 13.2 Å². The van der Waals surface area contributed by atoms with Crippen LogP contribution in [0.15, 0.2) is 0 Å². The zero-order valence-electron chi connectivity index (χ0n) is 12.1. The third kappa shape index (κ3) is 2.44. The molecule has 20 heavy (non-hydrogen) atoms. The molecule has 4 amide bonds. The van der Waals surface area contributed by atoms with Gasteiger partial charge < -0.3 is 4.74 Å². The van der Waals surface area contributed by atoms with E-state index in [9.17, 15) is 14.4 Å². The standard InChI is InChI=1S/C14H22N2O4/c1-3-14(4-2)11(17)15-13(19)16(12(14)18)8-7-10-6-5-9-20-10/h10H,3-9H2,1-2H3,(H,15,17,19). The van der Waals surface area contributed by atoms with Crippen LogP contribution in [0.5, 0.6) is 0 Å². The molecule has 0 spiro atoms. The lowest BCUT2D eigenvalue weighted by Crippen LogP contribution is -2.63. The van der Waals surface area contributed by atoms with E-state index in [4.69, 9.17) is 4.74 Å². The summed E-state index contributed by atoms with van der Waals surface area (Å²) in [5.74, 6) is -0.833. The van der Waals surface area contributed by atoms with Crippen LogP contribution in [-0.4, -0.2) is 42.0 Å². The molecule has 2 saturated heterocycles. The van der Waals surface area contributed by atoms with Crippen LogP contribution < -0.4 is 5.32 Å². The van der Waals surface area contributed by atoms with Crippen molar-refractivity contribution in [3.05, 3.63) is 0 Å². The quantitative estimate of drug-likeness (QED) is 0.774. The molecule has 0 saturated carbocycles. The second-order valence-electron chi connectivity index (χ2n) is 5.43. The minimum absolute atomic E-state index is 0.117. The van der Waals surface area contributed by atoms with Gasteiger partial charge in [0.25, 0.3) is 0 Å². The molecule has 0 aromatic carbocycles. The van der Waals surface area contributed by atoms with Crippen LogP contribution >= 0.6 is 0 Å². The Bertz CT molecular complexity index is 411. The van der Waals surface area contributed by atoms with Gasteiger partial charge in [-0.2, -0.15) is 0 Å². The highest BCUT2D eigenvalue weighted by atomic mass is 16.5. The number of amides is 4. The molecule has 6 heteroatoms. The molecule has 112 valence electrons. The van der Waals surface area contributed by atoms with Gasteiger partial charge >= 0.3 is 6.03 Å².